The largest absolute Gasteiger partial charge is 0.441 e. The number of hydrogen-bond acceptors (Lipinski definition) is 4. The second kappa shape index (κ2) is 4.10. The number of benzene rings is 1. The van der Waals surface area contributed by atoms with Gasteiger partial charge in [-0.15, -0.1) is 0 Å². The van der Waals surface area contributed by atoms with Gasteiger partial charge in [0.15, 0.2) is 11.5 Å². The molecule has 0 spiro atoms. The minimum atomic E-state index is -0.0378. The van der Waals surface area contributed by atoms with Crippen LogP contribution in [0.5, 0.6) is 0 Å². The molecule has 18 heavy (non-hydrogen) atoms. The number of aryl methyl sites for hydroxylation is 1. The Kier molecular flexibility index (Phi) is 2.56. The Balaban J connectivity index is 1.82. The van der Waals surface area contributed by atoms with E-state index < -0.39 is 0 Å². The van der Waals surface area contributed by atoms with Crippen molar-refractivity contribution in [3.63, 3.8) is 0 Å². The molecule has 3 rings (SSSR count). The molecule has 1 aromatic carbocycles. The number of carbonyl (C=O) groups excluding carboxylic acids is 1. The average molecular weight is 245 g/mol. The lowest BCUT2D eigenvalue weighted by Crippen LogP contribution is -2.18. The summed E-state index contributed by atoms with van der Waals surface area (Å²) in [6, 6.07) is 5.49. The third-order valence-electron chi connectivity index (χ3n) is 3.18. The maximum atomic E-state index is 11.7. The Hall–Kier alpha value is -1.88. The SMILES string of the molecule is CCc1nc2cc(NC(=O)C3CC3N)ccc2o1. The Bertz CT molecular complexity index is 605. The molecule has 1 amide bonds. The molecule has 2 atom stereocenters. The van der Waals surface area contributed by atoms with E-state index in [0.29, 0.717) is 5.89 Å². The molecule has 94 valence electrons. The third kappa shape index (κ3) is 1.97. The summed E-state index contributed by atoms with van der Waals surface area (Å²) in [6.45, 7) is 1.99. The van der Waals surface area contributed by atoms with Gasteiger partial charge < -0.3 is 15.5 Å². The van der Waals surface area contributed by atoms with Gasteiger partial charge in [0.1, 0.15) is 5.52 Å². The van der Waals surface area contributed by atoms with E-state index in [1.165, 1.54) is 0 Å². The second-order valence-electron chi connectivity index (χ2n) is 4.64. The van der Waals surface area contributed by atoms with Crippen LogP contribution in [0.1, 0.15) is 19.2 Å². The van der Waals surface area contributed by atoms with Crippen LogP contribution in [-0.4, -0.2) is 16.9 Å². The van der Waals surface area contributed by atoms with Crippen LogP contribution in [0.15, 0.2) is 22.6 Å². The van der Waals surface area contributed by atoms with Gasteiger partial charge in [0.05, 0.1) is 5.92 Å². The number of nitrogens with one attached hydrogen (secondary N) is 1. The summed E-state index contributed by atoms with van der Waals surface area (Å²) in [4.78, 5) is 16.1. The van der Waals surface area contributed by atoms with Crippen LogP contribution in [0, 0.1) is 5.92 Å². The highest BCUT2D eigenvalue weighted by Gasteiger charge is 2.39. The summed E-state index contributed by atoms with van der Waals surface area (Å²) in [5.41, 5.74) is 7.90. The number of nitrogens with zero attached hydrogens (tertiary/aromatic N) is 1. The number of oxazole rings is 1. The summed E-state index contributed by atoms with van der Waals surface area (Å²) in [5, 5.41) is 2.85. The van der Waals surface area contributed by atoms with Gasteiger partial charge in [0.25, 0.3) is 0 Å². The minimum Gasteiger partial charge on any atom is -0.441 e. The first-order chi connectivity index (χ1) is 8.67. The second-order valence-corrected chi connectivity index (χ2v) is 4.64. The van der Waals surface area contributed by atoms with Crippen LogP contribution in [0.3, 0.4) is 0 Å². The van der Waals surface area contributed by atoms with E-state index in [4.69, 9.17) is 10.2 Å². The fraction of sp³-hybridized carbons (Fsp3) is 0.385. The van der Waals surface area contributed by atoms with Crippen molar-refractivity contribution in [2.75, 3.05) is 5.32 Å². The lowest BCUT2D eigenvalue weighted by Gasteiger charge is -2.03. The molecule has 1 fully saturated rings. The van der Waals surface area contributed by atoms with Crippen molar-refractivity contribution in [3.05, 3.63) is 24.1 Å². The van der Waals surface area contributed by atoms with Crippen molar-refractivity contribution >= 4 is 22.7 Å². The van der Waals surface area contributed by atoms with Crippen molar-refractivity contribution in [2.45, 2.75) is 25.8 Å². The molecule has 1 heterocycles. The Morgan fingerprint density at radius 1 is 1.61 bits per heavy atom. The van der Waals surface area contributed by atoms with Gasteiger partial charge in [0, 0.05) is 18.2 Å². The lowest BCUT2D eigenvalue weighted by atomic mass is 10.2. The quantitative estimate of drug-likeness (QED) is 0.862. The smallest absolute Gasteiger partial charge is 0.229 e. The minimum absolute atomic E-state index is 0.0129. The number of carbonyl (C=O) groups is 1. The molecule has 0 radical (unpaired) electrons. The fourth-order valence-electron chi connectivity index (χ4n) is 1.96. The summed E-state index contributed by atoms with van der Waals surface area (Å²) in [6.07, 6.45) is 1.53. The van der Waals surface area contributed by atoms with Gasteiger partial charge in [-0.1, -0.05) is 6.92 Å². The fourth-order valence-corrected chi connectivity index (χ4v) is 1.96. The van der Waals surface area contributed by atoms with Gasteiger partial charge in [0.2, 0.25) is 5.91 Å². The predicted octanol–water partition coefficient (Wildman–Crippen LogP) is 1.68. The molecular weight excluding hydrogens is 230 g/mol. The van der Waals surface area contributed by atoms with Gasteiger partial charge in [-0.25, -0.2) is 4.98 Å². The van der Waals surface area contributed by atoms with E-state index in [0.717, 1.165) is 29.6 Å². The molecule has 2 aromatic rings. The van der Waals surface area contributed by atoms with Gasteiger partial charge in [-0.05, 0) is 24.6 Å². The van der Waals surface area contributed by atoms with Crippen LogP contribution in [0.4, 0.5) is 5.69 Å². The first-order valence-electron chi connectivity index (χ1n) is 6.13. The summed E-state index contributed by atoms with van der Waals surface area (Å²) in [5.74, 6) is 0.656. The van der Waals surface area contributed by atoms with Crippen molar-refractivity contribution in [1.82, 2.24) is 4.98 Å². The van der Waals surface area contributed by atoms with Crippen molar-refractivity contribution in [1.29, 1.82) is 0 Å². The normalized spacial score (nSPS) is 22.1. The molecule has 0 aliphatic heterocycles. The van der Waals surface area contributed by atoms with E-state index >= 15 is 0 Å². The highest BCUT2D eigenvalue weighted by atomic mass is 16.3. The summed E-state index contributed by atoms with van der Waals surface area (Å²) < 4.78 is 5.51. The van der Waals surface area contributed by atoms with Crippen LogP contribution in [-0.2, 0) is 11.2 Å². The Labute approximate surface area is 104 Å². The number of amides is 1. The number of anilines is 1. The van der Waals surface area contributed by atoms with Gasteiger partial charge in [-0.2, -0.15) is 0 Å². The molecular formula is C13H15N3O2. The topological polar surface area (TPSA) is 81.2 Å². The van der Waals surface area contributed by atoms with E-state index in [1.807, 2.05) is 25.1 Å². The van der Waals surface area contributed by atoms with Crippen molar-refractivity contribution < 1.29 is 9.21 Å². The molecule has 0 saturated heterocycles. The molecule has 1 saturated carbocycles. The van der Waals surface area contributed by atoms with Crippen LogP contribution in [0.2, 0.25) is 0 Å². The maximum Gasteiger partial charge on any atom is 0.229 e. The molecule has 1 aromatic heterocycles. The number of aromatic nitrogens is 1. The molecule has 5 heteroatoms. The first-order valence-corrected chi connectivity index (χ1v) is 6.13. The average Bonchev–Trinajstić information content (AvgIpc) is 2.95. The molecule has 2 unspecified atom stereocenters. The summed E-state index contributed by atoms with van der Waals surface area (Å²) in [7, 11) is 0. The van der Waals surface area contributed by atoms with Crippen LogP contribution >= 0.6 is 0 Å². The monoisotopic (exact) mass is 245 g/mol. The standard InChI is InChI=1S/C13H15N3O2/c1-2-12-16-10-5-7(3-4-11(10)18-12)15-13(17)8-6-9(8)14/h3-5,8-9H,2,6,14H2,1H3,(H,15,17). The molecule has 1 aliphatic rings. The molecule has 1 aliphatic carbocycles. The molecule has 5 nitrogen and oxygen atoms in total. The van der Waals surface area contributed by atoms with Gasteiger partial charge in [-0.3, -0.25) is 4.79 Å². The van der Waals surface area contributed by atoms with E-state index in [1.54, 1.807) is 0 Å². The molecule has 0 bridgehead atoms. The van der Waals surface area contributed by atoms with E-state index in [2.05, 4.69) is 10.3 Å². The van der Waals surface area contributed by atoms with Gasteiger partial charge >= 0.3 is 0 Å². The Morgan fingerprint density at radius 2 is 2.39 bits per heavy atom. The van der Waals surface area contributed by atoms with E-state index in [9.17, 15) is 4.79 Å². The third-order valence-corrected chi connectivity index (χ3v) is 3.18. The predicted molar refractivity (Wildman–Crippen MR) is 68.1 cm³/mol. The first kappa shape index (κ1) is 11.2. The maximum absolute atomic E-state index is 11.7. The highest BCUT2D eigenvalue weighted by molar-refractivity contribution is 5.96. The number of rotatable bonds is 3. The lowest BCUT2D eigenvalue weighted by molar-refractivity contribution is -0.117. The number of nitrogens with two attached hydrogens (primary N) is 1. The summed E-state index contributed by atoms with van der Waals surface area (Å²) >= 11 is 0. The highest BCUT2D eigenvalue weighted by Crippen LogP contribution is 2.29. The number of hydrogen-bond donors (Lipinski definition) is 2. The van der Waals surface area contributed by atoms with Crippen LogP contribution in [0.25, 0.3) is 11.1 Å². The van der Waals surface area contributed by atoms with Crippen molar-refractivity contribution in [3.8, 4) is 0 Å². The zero-order valence-corrected chi connectivity index (χ0v) is 10.1. The Morgan fingerprint density at radius 3 is 3.06 bits per heavy atom. The number of fused-ring (bicyclic) bond motifs is 1. The zero-order chi connectivity index (χ0) is 12.7. The van der Waals surface area contributed by atoms with Crippen molar-refractivity contribution in [2.24, 2.45) is 11.7 Å². The van der Waals surface area contributed by atoms with E-state index in [-0.39, 0.29) is 17.9 Å². The zero-order valence-electron chi connectivity index (χ0n) is 10.1. The molecule has 3 N–H and O–H groups in total. The van der Waals surface area contributed by atoms with Crippen LogP contribution < -0.4 is 11.1 Å².